The molecule has 0 saturated carbocycles. The third-order valence-corrected chi connectivity index (χ3v) is 10.6. The number of rotatable bonds is 11. The monoisotopic (exact) mass is 605 g/mol. The van der Waals surface area contributed by atoms with Crippen molar-refractivity contribution >= 4 is 37.6 Å². The zero-order valence-corrected chi connectivity index (χ0v) is 24.5. The third-order valence-electron chi connectivity index (χ3n) is 6.63. The van der Waals surface area contributed by atoms with Gasteiger partial charge in [-0.05, 0) is 54.3 Å². The Morgan fingerprint density at radius 1 is 0.925 bits per heavy atom. The van der Waals surface area contributed by atoms with Crippen molar-refractivity contribution in [3.63, 3.8) is 0 Å². The van der Waals surface area contributed by atoms with E-state index in [1.54, 1.807) is 36.4 Å². The van der Waals surface area contributed by atoms with Crippen molar-refractivity contribution in [1.82, 2.24) is 13.9 Å². The molecule has 1 saturated heterocycles. The number of nitrogens with one attached hydrogen (secondary N) is 1. The van der Waals surface area contributed by atoms with Crippen LogP contribution >= 0.6 is 11.6 Å². The van der Waals surface area contributed by atoms with Crippen molar-refractivity contribution in [3.05, 3.63) is 88.9 Å². The standard InChI is InChI=1S/C28H32ClN3O6S2/c1-38-26-15-12-24(29)18-27(26)40(36,37)32(20-23-8-4-2-5-9-23)21-28(33)30-19-22-10-13-25(14-11-22)39(34,35)31-16-6-3-7-17-31/h2,4-5,8-15,18H,3,6-7,16-17,19-21H2,1H3,(H,30,33). The zero-order valence-electron chi connectivity index (χ0n) is 22.1. The molecule has 4 rings (SSSR count). The molecule has 1 N–H and O–H groups in total. The van der Waals surface area contributed by atoms with Crippen LogP contribution in [0.25, 0.3) is 0 Å². The van der Waals surface area contributed by atoms with Crippen LogP contribution < -0.4 is 10.1 Å². The molecule has 12 heteroatoms. The summed E-state index contributed by atoms with van der Waals surface area (Å²) >= 11 is 6.09. The van der Waals surface area contributed by atoms with Gasteiger partial charge in [0.15, 0.2) is 0 Å². The lowest BCUT2D eigenvalue weighted by atomic mass is 10.2. The first-order valence-corrected chi connectivity index (χ1v) is 16.1. The van der Waals surface area contributed by atoms with Gasteiger partial charge in [-0.3, -0.25) is 4.79 Å². The number of halogens is 1. The summed E-state index contributed by atoms with van der Waals surface area (Å²) in [6.07, 6.45) is 2.73. The molecule has 40 heavy (non-hydrogen) atoms. The number of methoxy groups -OCH3 is 1. The minimum atomic E-state index is -4.18. The molecule has 1 aliphatic heterocycles. The fraction of sp³-hybridized carbons (Fsp3) is 0.321. The number of carbonyl (C=O) groups is 1. The van der Waals surface area contributed by atoms with Gasteiger partial charge in [-0.15, -0.1) is 0 Å². The molecular weight excluding hydrogens is 574 g/mol. The number of benzene rings is 3. The Balaban J connectivity index is 1.48. The summed E-state index contributed by atoms with van der Waals surface area (Å²) in [6, 6.07) is 19.6. The van der Waals surface area contributed by atoms with Gasteiger partial charge in [-0.1, -0.05) is 60.5 Å². The minimum absolute atomic E-state index is 0.0463. The third kappa shape index (κ3) is 7.21. The number of nitrogens with zero attached hydrogens (tertiary/aromatic N) is 2. The van der Waals surface area contributed by atoms with Gasteiger partial charge in [0.1, 0.15) is 10.6 Å². The van der Waals surface area contributed by atoms with Crippen LogP contribution in [-0.2, 0) is 37.9 Å². The summed E-state index contributed by atoms with van der Waals surface area (Å²) in [7, 11) is -6.38. The first-order chi connectivity index (χ1) is 19.1. The smallest absolute Gasteiger partial charge is 0.247 e. The lowest BCUT2D eigenvalue weighted by Gasteiger charge is -2.25. The van der Waals surface area contributed by atoms with Gasteiger partial charge in [0.2, 0.25) is 26.0 Å². The SMILES string of the molecule is COc1ccc(Cl)cc1S(=O)(=O)N(CC(=O)NCc1ccc(S(=O)(=O)N2CCCCC2)cc1)Cc1ccccc1. The fourth-order valence-corrected chi connectivity index (χ4v) is 7.77. The molecule has 1 fully saturated rings. The molecule has 3 aromatic carbocycles. The number of hydrogen-bond acceptors (Lipinski definition) is 6. The highest BCUT2D eigenvalue weighted by molar-refractivity contribution is 7.89. The molecule has 0 aliphatic carbocycles. The lowest BCUT2D eigenvalue weighted by molar-refractivity contribution is -0.121. The van der Waals surface area contributed by atoms with Crippen LogP contribution in [0.3, 0.4) is 0 Å². The van der Waals surface area contributed by atoms with Crippen LogP contribution in [0.2, 0.25) is 5.02 Å². The quantitative estimate of drug-likeness (QED) is 0.353. The van der Waals surface area contributed by atoms with E-state index < -0.39 is 32.5 Å². The molecule has 1 amide bonds. The van der Waals surface area contributed by atoms with E-state index in [0.717, 1.165) is 23.6 Å². The number of hydrogen-bond donors (Lipinski definition) is 1. The number of ether oxygens (including phenoxy) is 1. The highest BCUT2D eigenvalue weighted by Crippen LogP contribution is 2.30. The summed E-state index contributed by atoms with van der Waals surface area (Å²) < 4.78 is 61.0. The molecule has 214 valence electrons. The Morgan fingerprint density at radius 3 is 2.25 bits per heavy atom. The fourth-order valence-electron chi connectivity index (χ4n) is 4.45. The highest BCUT2D eigenvalue weighted by Gasteiger charge is 2.30. The van der Waals surface area contributed by atoms with Crippen LogP contribution in [0.5, 0.6) is 5.75 Å². The molecule has 0 spiro atoms. The average molecular weight is 606 g/mol. The van der Waals surface area contributed by atoms with Crippen LogP contribution in [0, 0.1) is 0 Å². The zero-order chi connectivity index (χ0) is 28.8. The van der Waals surface area contributed by atoms with Gasteiger partial charge in [0.05, 0.1) is 18.6 Å². The molecule has 0 bridgehead atoms. The summed E-state index contributed by atoms with van der Waals surface area (Å²) in [5.74, 6) is -0.409. The molecule has 1 aliphatic rings. The maximum Gasteiger partial charge on any atom is 0.247 e. The van der Waals surface area contributed by atoms with Crippen LogP contribution in [0.15, 0.2) is 82.6 Å². The van der Waals surface area contributed by atoms with Crippen LogP contribution in [-0.4, -0.2) is 58.1 Å². The number of sulfonamides is 2. The Morgan fingerprint density at radius 2 is 1.60 bits per heavy atom. The summed E-state index contributed by atoms with van der Waals surface area (Å²) in [5, 5.41) is 2.95. The Labute approximate surface area is 240 Å². The van der Waals surface area contributed by atoms with E-state index in [-0.39, 0.29) is 33.7 Å². The Hall–Kier alpha value is -2.96. The van der Waals surface area contributed by atoms with Crippen molar-refractivity contribution in [2.75, 3.05) is 26.7 Å². The van der Waals surface area contributed by atoms with E-state index in [0.29, 0.717) is 24.2 Å². The van der Waals surface area contributed by atoms with E-state index >= 15 is 0 Å². The normalized spacial score (nSPS) is 14.7. The average Bonchev–Trinajstić information content (AvgIpc) is 2.97. The van der Waals surface area contributed by atoms with E-state index in [1.165, 1.54) is 41.7 Å². The molecule has 0 aromatic heterocycles. The largest absolute Gasteiger partial charge is 0.495 e. The van der Waals surface area contributed by atoms with Gasteiger partial charge in [0.25, 0.3) is 0 Å². The van der Waals surface area contributed by atoms with Gasteiger partial charge in [-0.2, -0.15) is 8.61 Å². The van der Waals surface area contributed by atoms with Crippen molar-refractivity contribution < 1.29 is 26.4 Å². The predicted molar refractivity (Wildman–Crippen MR) is 153 cm³/mol. The minimum Gasteiger partial charge on any atom is -0.495 e. The van der Waals surface area contributed by atoms with Crippen molar-refractivity contribution in [3.8, 4) is 5.75 Å². The van der Waals surface area contributed by atoms with E-state index in [2.05, 4.69) is 5.32 Å². The Kier molecular flexibility index (Phi) is 9.85. The predicted octanol–water partition coefficient (Wildman–Crippen LogP) is 4.03. The van der Waals surface area contributed by atoms with Gasteiger partial charge in [0, 0.05) is 31.2 Å². The van der Waals surface area contributed by atoms with Crippen molar-refractivity contribution in [1.29, 1.82) is 0 Å². The number of piperidine rings is 1. The maximum atomic E-state index is 13.7. The molecular formula is C28H32ClN3O6S2. The highest BCUT2D eigenvalue weighted by atomic mass is 35.5. The van der Waals surface area contributed by atoms with Crippen LogP contribution in [0.1, 0.15) is 30.4 Å². The van der Waals surface area contributed by atoms with Crippen molar-refractivity contribution in [2.24, 2.45) is 0 Å². The molecule has 3 aromatic rings. The van der Waals surface area contributed by atoms with Crippen molar-refractivity contribution in [2.45, 2.75) is 42.1 Å². The summed E-state index contributed by atoms with van der Waals surface area (Å²) in [6.45, 7) is 0.638. The van der Waals surface area contributed by atoms with E-state index in [4.69, 9.17) is 16.3 Å². The molecule has 0 radical (unpaired) electrons. The molecule has 0 atom stereocenters. The molecule has 9 nitrogen and oxygen atoms in total. The van der Waals surface area contributed by atoms with Gasteiger partial charge < -0.3 is 10.1 Å². The Bertz CT molecular complexity index is 1530. The first-order valence-electron chi connectivity index (χ1n) is 12.8. The second-order valence-corrected chi connectivity index (χ2v) is 13.7. The van der Waals surface area contributed by atoms with Crippen LogP contribution in [0.4, 0.5) is 0 Å². The second kappa shape index (κ2) is 13.1. The number of amides is 1. The topological polar surface area (TPSA) is 113 Å². The van der Waals surface area contributed by atoms with E-state index in [9.17, 15) is 21.6 Å². The summed E-state index contributed by atoms with van der Waals surface area (Å²) in [5.41, 5.74) is 1.38. The lowest BCUT2D eigenvalue weighted by Crippen LogP contribution is -2.40. The van der Waals surface area contributed by atoms with Gasteiger partial charge in [-0.25, -0.2) is 16.8 Å². The number of carbonyl (C=O) groups excluding carboxylic acids is 1. The molecule has 0 unspecified atom stereocenters. The first kappa shape index (κ1) is 30.0. The van der Waals surface area contributed by atoms with E-state index in [1.807, 2.05) is 6.07 Å². The molecule has 1 heterocycles. The second-order valence-electron chi connectivity index (χ2n) is 9.44. The van der Waals surface area contributed by atoms with Gasteiger partial charge >= 0.3 is 0 Å². The maximum absolute atomic E-state index is 13.7. The summed E-state index contributed by atoms with van der Waals surface area (Å²) in [4.78, 5) is 13.0.